The van der Waals surface area contributed by atoms with E-state index in [9.17, 15) is 4.79 Å². The van der Waals surface area contributed by atoms with E-state index in [0.717, 1.165) is 30.0 Å². The first-order valence-electron chi connectivity index (χ1n) is 11.5. The van der Waals surface area contributed by atoms with Gasteiger partial charge in [0.05, 0.1) is 11.2 Å². The molecular formula is C28H30N2O2. The summed E-state index contributed by atoms with van der Waals surface area (Å²) in [5.74, 6) is 2.04. The molecule has 1 aliphatic carbocycles. The second-order valence-electron chi connectivity index (χ2n) is 9.28. The number of benzene rings is 2. The quantitative estimate of drug-likeness (QED) is 0.412. The molecule has 32 heavy (non-hydrogen) atoms. The topological polar surface area (TPSA) is 36.2 Å². The van der Waals surface area contributed by atoms with Crippen LogP contribution in [0.15, 0.2) is 71.7 Å². The molecule has 0 radical (unpaired) electrons. The van der Waals surface area contributed by atoms with Gasteiger partial charge in [0.15, 0.2) is 0 Å². The summed E-state index contributed by atoms with van der Waals surface area (Å²) < 4.78 is 9.85. The third-order valence-corrected chi connectivity index (χ3v) is 7.00. The van der Waals surface area contributed by atoms with E-state index in [1.54, 1.807) is 10.6 Å². The molecule has 4 nitrogen and oxygen atoms in total. The maximum Gasteiger partial charge on any atom is 0.258 e. The minimum atomic E-state index is -0.0891. The van der Waals surface area contributed by atoms with Gasteiger partial charge in [0.2, 0.25) is 0 Å². The SMILES string of the molecule is CC(C)C1CCc2c(n(C)c3cc(-n4ccc(OCc5ccccc5)cc4=O)ccc23)C1. The van der Waals surface area contributed by atoms with Gasteiger partial charge in [0.1, 0.15) is 12.4 Å². The molecule has 2 aromatic carbocycles. The van der Waals surface area contributed by atoms with E-state index in [2.05, 4.69) is 43.7 Å². The van der Waals surface area contributed by atoms with Gasteiger partial charge in [0.25, 0.3) is 5.56 Å². The fraction of sp³-hybridized carbons (Fsp3) is 0.321. The molecule has 164 valence electrons. The molecule has 2 aromatic heterocycles. The number of aromatic nitrogens is 2. The Morgan fingerprint density at radius 2 is 1.88 bits per heavy atom. The van der Waals surface area contributed by atoms with Gasteiger partial charge < -0.3 is 9.30 Å². The molecule has 0 N–H and O–H groups in total. The van der Waals surface area contributed by atoms with E-state index in [1.807, 2.05) is 42.6 Å². The van der Waals surface area contributed by atoms with Crippen LogP contribution in [0.25, 0.3) is 16.6 Å². The summed E-state index contributed by atoms with van der Waals surface area (Å²) in [7, 11) is 2.16. The van der Waals surface area contributed by atoms with Crippen molar-refractivity contribution in [2.45, 2.75) is 39.7 Å². The van der Waals surface area contributed by atoms with E-state index < -0.39 is 0 Å². The highest BCUT2D eigenvalue weighted by Gasteiger charge is 2.26. The average Bonchev–Trinajstić information content (AvgIpc) is 3.09. The second-order valence-corrected chi connectivity index (χ2v) is 9.28. The number of hydrogen-bond acceptors (Lipinski definition) is 2. The lowest BCUT2D eigenvalue weighted by molar-refractivity contribution is 0.305. The molecular weight excluding hydrogens is 396 g/mol. The van der Waals surface area contributed by atoms with Crippen molar-refractivity contribution in [1.82, 2.24) is 9.13 Å². The van der Waals surface area contributed by atoms with Crippen molar-refractivity contribution in [2.75, 3.05) is 0 Å². The molecule has 1 aliphatic rings. The van der Waals surface area contributed by atoms with Crippen molar-refractivity contribution in [3.05, 3.63) is 94.0 Å². The summed E-state index contributed by atoms with van der Waals surface area (Å²) in [6, 6.07) is 19.8. The monoisotopic (exact) mass is 426 g/mol. The highest BCUT2D eigenvalue weighted by molar-refractivity contribution is 5.87. The van der Waals surface area contributed by atoms with E-state index in [4.69, 9.17) is 4.74 Å². The van der Waals surface area contributed by atoms with E-state index >= 15 is 0 Å². The summed E-state index contributed by atoms with van der Waals surface area (Å²) in [4.78, 5) is 12.9. The first-order chi connectivity index (χ1) is 15.5. The van der Waals surface area contributed by atoms with Crippen LogP contribution in [0.4, 0.5) is 0 Å². The van der Waals surface area contributed by atoms with Crippen molar-refractivity contribution in [3.8, 4) is 11.4 Å². The zero-order chi connectivity index (χ0) is 22.2. The van der Waals surface area contributed by atoms with Crippen LogP contribution >= 0.6 is 0 Å². The molecule has 0 saturated heterocycles. The van der Waals surface area contributed by atoms with Gasteiger partial charge in [-0.1, -0.05) is 50.2 Å². The number of pyridine rings is 1. The molecule has 0 amide bonds. The first kappa shape index (κ1) is 20.6. The van der Waals surface area contributed by atoms with Crippen molar-refractivity contribution in [2.24, 2.45) is 18.9 Å². The molecule has 2 heterocycles. The Bertz CT molecular complexity index is 1310. The van der Waals surface area contributed by atoms with Gasteiger partial charge in [-0.2, -0.15) is 0 Å². The number of aryl methyl sites for hydroxylation is 2. The normalized spacial score (nSPS) is 15.8. The van der Waals surface area contributed by atoms with E-state index in [1.165, 1.54) is 28.6 Å². The first-order valence-corrected chi connectivity index (χ1v) is 11.5. The third kappa shape index (κ3) is 3.75. The summed E-state index contributed by atoms with van der Waals surface area (Å²) in [5, 5.41) is 1.32. The molecule has 0 bridgehead atoms. The highest BCUT2D eigenvalue weighted by Crippen LogP contribution is 2.36. The molecule has 5 rings (SSSR count). The molecule has 4 heteroatoms. The molecule has 0 saturated carbocycles. The Morgan fingerprint density at radius 1 is 1.06 bits per heavy atom. The lowest BCUT2D eigenvalue weighted by Crippen LogP contribution is -2.20. The molecule has 0 aliphatic heterocycles. The number of ether oxygens (including phenoxy) is 1. The van der Waals surface area contributed by atoms with Crippen molar-refractivity contribution in [1.29, 1.82) is 0 Å². The molecule has 4 aromatic rings. The van der Waals surface area contributed by atoms with Crippen molar-refractivity contribution < 1.29 is 4.74 Å². The highest BCUT2D eigenvalue weighted by atomic mass is 16.5. The number of rotatable bonds is 5. The predicted molar refractivity (Wildman–Crippen MR) is 130 cm³/mol. The molecule has 0 spiro atoms. The Balaban J connectivity index is 1.43. The summed E-state index contributed by atoms with van der Waals surface area (Å²) >= 11 is 0. The maximum atomic E-state index is 12.9. The predicted octanol–water partition coefficient (Wildman–Crippen LogP) is 5.67. The van der Waals surface area contributed by atoms with Gasteiger partial charge in [-0.05, 0) is 60.4 Å². The Kier molecular flexibility index (Phi) is 5.38. The van der Waals surface area contributed by atoms with Crippen LogP contribution in [-0.4, -0.2) is 9.13 Å². The average molecular weight is 427 g/mol. The van der Waals surface area contributed by atoms with Crippen LogP contribution in [0, 0.1) is 11.8 Å². The fourth-order valence-corrected chi connectivity index (χ4v) is 5.00. The number of nitrogens with zero attached hydrogens (tertiary/aromatic N) is 2. The minimum absolute atomic E-state index is 0.0891. The largest absolute Gasteiger partial charge is 0.489 e. The van der Waals surface area contributed by atoms with Gasteiger partial charge in [0, 0.05) is 30.4 Å². The third-order valence-electron chi connectivity index (χ3n) is 7.00. The van der Waals surface area contributed by atoms with E-state index in [0.29, 0.717) is 18.3 Å². The Hall–Kier alpha value is -3.27. The smallest absolute Gasteiger partial charge is 0.258 e. The zero-order valence-electron chi connectivity index (χ0n) is 19.0. The van der Waals surface area contributed by atoms with Crippen LogP contribution in [0.3, 0.4) is 0 Å². The lowest BCUT2D eigenvalue weighted by Gasteiger charge is -2.26. The molecule has 1 unspecified atom stereocenters. The molecule has 0 fully saturated rings. The standard InChI is InChI=1S/C28H30N2O2/c1-19(2)21-9-11-24-25-12-10-22(16-27(25)29(3)26(24)15-21)30-14-13-23(17-28(30)31)32-18-20-7-5-4-6-8-20/h4-8,10,12-14,16-17,19,21H,9,11,15,18H2,1-3H3. The fourth-order valence-electron chi connectivity index (χ4n) is 5.00. The van der Waals surface area contributed by atoms with Gasteiger partial charge in [-0.15, -0.1) is 0 Å². The van der Waals surface area contributed by atoms with Crippen LogP contribution < -0.4 is 10.3 Å². The lowest BCUT2D eigenvalue weighted by atomic mass is 9.80. The van der Waals surface area contributed by atoms with Crippen LogP contribution in [0.1, 0.15) is 37.1 Å². The van der Waals surface area contributed by atoms with Gasteiger partial charge in [-0.25, -0.2) is 0 Å². The zero-order valence-corrected chi connectivity index (χ0v) is 19.0. The van der Waals surface area contributed by atoms with Gasteiger partial charge >= 0.3 is 0 Å². The van der Waals surface area contributed by atoms with Crippen LogP contribution in [0.2, 0.25) is 0 Å². The number of fused-ring (bicyclic) bond motifs is 3. The van der Waals surface area contributed by atoms with E-state index in [-0.39, 0.29) is 5.56 Å². The minimum Gasteiger partial charge on any atom is -0.489 e. The molecule has 1 atom stereocenters. The van der Waals surface area contributed by atoms with Crippen molar-refractivity contribution in [3.63, 3.8) is 0 Å². The van der Waals surface area contributed by atoms with Crippen molar-refractivity contribution >= 4 is 10.9 Å². The maximum absolute atomic E-state index is 12.9. The second kappa shape index (κ2) is 8.34. The summed E-state index contributed by atoms with van der Waals surface area (Å²) in [5.41, 5.74) is 6.02. The Morgan fingerprint density at radius 3 is 2.62 bits per heavy atom. The summed E-state index contributed by atoms with van der Waals surface area (Å²) in [6.45, 7) is 5.11. The van der Waals surface area contributed by atoms with Crippen LogP contribution in [-0.2, 0) is 26.5 Å². The Labute approximate surface area is 189 Å². The van der Waals surface area contributed by atoms with Crippen LogP contribution in [0.5, 0.6) is 5.75 Å². The van der Waals surface area contributed by atoms with Gasteiger partial charge in [-0.3, -0.25) is 9.36 Å². The number of hydrogen-bond donors (Lipinski definition) is 0. The summed E-state index contributed by atoms with van der Waals surface area (Å²) in [6.07, 6.45) is 5.35.